The second-order valence-corrected chi connectivity index (χ2v) is 5.71. The molecule has 96 valence electrons. The molecular weight excluding hydrogens is 242 g/mol. The number of aliphatic hydroxyl groups is 1. The van der Waals surface area contributed by atoms with Crippen LogP contribution in [0.4, 0.5) is 0 Å². The number of thiazole rings is 1. The third-order valence-electron chi connectivity index (χ3n) is 3.16. The maximum Gasteiger partial charge on any atom is 0.0931 e. The van der Waals surface area contributed by atoms with Crippen LogP contribution in [0.5, 0.6) is 0 Å². The first kappa shape index (κ1) is 13.2. The molecule has 2 aromatic rings. The molecule has 0 saturated heterocycles. The van der Waals surface area contributed by atoms with Crippen LogP contribution in [0, 0.1) is 19.8 Å². The van der Waals surface area contributed by atoms with Gasteiger partial charge in [-0.05, 0) is 37.3 Å². The van der Waals surface area contributed by atoms with Gasteiger partial charge in [0, 0.05) is 24.1 Å². The summed E-state index contributed by atoms with van der Waals surface area (Å²) in [6.07, 6.45) is 1.78. The molecule has 1 heterocycles. The Kier molecular flexibility index (Phi) is 4.50. The number of hydrogen-bond acceptors (Lipinski definition) is 3. The van der Waals surface area contributed by atoms with E-state index in [-0.39, 0.29) is 12.5 Å². The highest BCUT2D eigenvalue weighted by molar-refractivity contribution is 7.09. The topological polar surface area (TPSA) is 33.1 Å². The molecule has 0 amide bonds. The Labute approximate surface area is 112 Å². The first-order valence-corrected chi connectivity index (χ1v) is 7.13. The minimum absolute atomic E-state index is 0.215. The highest BCUT2D eigenvalue weighted by atomic mass is 32.1. The number of aliphatic hydroxyl groups excluding tert-OH is 1. The number of aryl methyl sites for hydroxylation is 2. The predicted molar refractivity (Wildman–Crippen MR) is 76.0 cm³/mol. The molecule has 0 spiro atoms. The molecule has 1 atom stereocenters. The van der Waals surface area contributed by atoms with Crippen molar-refractivity contribution < 1.29 is 5.11 Å². The predicted octanol–water partition coefficient (Wildman–Crippen LogP) is 3.15. The van der Waals surface area contributed by atoms with Gasteiger partial charge in [0.05, 0.1) is 5.01 Å². The van der Waals surface area contributed by atoms with Crippen LogP contribution in [0.1, 0.15) is 21.8 Å². The monoisotopic (exact) mass is 261 g/mol. The lowest BCUT2D eigenvalue weighted by atomic mass is 9.94. The smallest absolute Gasteiger partial charge is 0.0931 e. The van der Waals surface area contributed by atoms with E-state index < -0.39 is 0 Å². The van der Waals surface area contributed by atoms with Crippen molar-refractivity contribution in [2.45, 2.75) is 26.7 Å². The van der Waals surface area contributed by atoms with Crippen molar-refractivity contribution in [2.24, 2.45) is 5.92 Å². The molecule has 0 aliphatic rings. The Morgan fingerprint density at radius 1 is 1.22 bits per heavy atom. The summed E-state index contributed by atoms with van der Waals surface area (Å²) in [5, 5.41) is 12.7. The fraction of sp³-hybridized carbons (Fsp3) is 0.400. The van der Waals surface area contributed by atoms with Crippen molar-refractivity contribution in [1.82, 2.24) is 4.98 Å². The molecule has 0 bridgehead atoms. The zero-order chi connectivity index (χ0) is 13.0. The Hall–Kier alpha value is -1.19. The summed E-state index contributed by atoms with van der Waals surface area (Å²) >= 11 is 1.69. The normalized spacial score (nSPS) is 12.6. The third-order valence-corrected chi connectivity index (χ3v) is 4.15. The van der Waals surface area contributed by atoms with E-state index in [1.54, 1.807) is 11.3 Å². The van der Waals surface area contributed by atoms with Gasteiger partial charge in [-0.3, -0.25) is 0 Å². The molecule has 3 heteroatoms. The SMILES string of the molecule is Cc1csc(CC(CO)Cc2ccccc2C)n1. The summed E-state index contributed by atoms with van der Waals surface area (Å²) in [5.41, 5.74) is 3.69. The van der Waals surface area contributed by atoms with Crippen LogP contribution in [-0.2, 0) is 12.8 Å². The van der Waals surface area contributed by atoms with Gasteiger partial charge in [0.15, 0.2) is 0 Å². The van der Waals surface area contributed by atoms with Gasteiger partial charge in [0.1, 0.15) is 0 Å². The zero-order valence-corrected chi connectivity index (χ0v) is 11.7. The summed E-state index contributed by atoms with van der Waals surface area (Å²) in [7, 11) is 0. The van der Waals surface area contributed by atoms with Crippen molar-refractivity contribution >= 4 is 11.3 Å². The van der Waals surface area contributed by atoms with Crippen LogP contribution >= 0.6 is 11.3 Å². The van der Waals surface area contributed by atoms with E-state index in [1.807, 2.05) is 6.92 Å². The van der Waals surface area contributed by atoms with Gasteiger partial charge in [0.2, 0.25) is 0 Å². The minimum atomic E-state index is 0.215. The first-order chi connectivity index (χ1) is 8.69. The molecular formula is C15H19NOS. The first-order valence-electron chi connectivity index (χ1n) is 6.25. The van der Waals surface area contributed by atoms with Crippen molar-refractivity contribution in [3.63, 3.8) is 0 Å². The molecule has 18 heavy (non-hydrogen) atoms. The molecule has 0 saturated carbocycles. The van der Waals surface area contributed by atoms with Gasteiger partial charge in [-0.25, -0.2) is 4.98 Å². The van der Waals surface area contributed by atoms with Crippen LogP contribution in [0.3, 0.4) is 0 Å². The number of nitrogens with zero attached hydrogens (tertiary/aromatic N) is 1. The van der Waals surface area contributed by atoms with E-state index in [0.717, 1.165) is 23.5 Å². The summed E-state index contributed by atoms with van der Waals surface area (Å²) in [6, 6.07) is 8.38. The number of rotatable bonds is 5. The van der Waals surface area contributed by atoms with Gasteiger partial charge in [-0.1, -0.05) is 24.3 Å². The summed E-state index contributed by atoms with van der Waals surface area (Å²) < 4.78 is 0. The van der Waals surface area contributed by atoms with Crippen molar-refractivity contribution in [2.75, 3.05) is 6.61 Å². The molecule has 0 fully saturated rings. The van der Waals surface area contributed by atoms with Crippen LogP contribution in [-0.4, -0.2) is 16.7 Å². The molecule has 0 radical (unpaired) electrons. The van der Waals surface area contributed by atoms with Gasteiger partial charge in [-0.2, -0.15) is 0 Å². The summed E-state index contributed by atoms with van der Waals surface area (Å²) in [6.45, 7) is 4.35. The van der Waals surface area contributed by atoms with Crippen LogP contribution in [0.25, 0.3) is 0 Å². The quantitative estimate of drug-likeness (QED) is 0.897. The molecule has 2 nitrogen and oxygen atoms in total. The van der Waals surface area contributed by atoms with Crippen molar-refractivity contribution in [1.29, 1.82) is 0 Å². The van der Waals surface area contributed by atoms with Crippen LogP contribution in [0.2, 0.25) is 0 Å². The van der Waals surface area contributed by atoms with Gasteiger partial charge in [-0.15, -0.1) is 11.3 Å². The van der Waals surface area contributed by atoms with Crippen molar-refractivity contribution in [3.05, 3.63) is 51.5 Å². The fourth-order valence-corrected chi connectivity index (χ4v) is 2.98. The molecule has 1 unspecified atom stereocenters. The largest absolute Gasteiger partial charge is 0.396 e. The Morgan fingerprint density at radius 2 is 2.00 bits per heavy atom. The Bertz CT molecular complexity index is 507. The van der Waals surface area contributed by atoms with E-state index in [0.29, 0.717) is 0 Å². The van der Waals surface area contributed by atoms with Crippen LogP contribution in [0.15, 0.2) is 29.6 Å². The highest BCUT2D eigenvalue weighted by Gasteiger charge is 2.12. The Balaban J connectivity index is 2.04. The molecule has 1 aromatic heterocycles. The Morgan fingerprint density at radius 3 is 2.61 bits per heavy atom. The standard InChI is InChI=1S/C15H19NOS/c1-11-5-3-4-6-14(11)7-13(9-17)8-15-16-12(2)10-18-15/h3-6,10,13,17H,7-9H2,1-2H3. The number of benzene rings is 1. The minimum Gasteiger partial charge on any atom is -0.396 e. The van der Waals surface area contributed by atoms with E-state index >= 15 is 0 Å². The average Bonchev–Trinajstić information content (AvgIpc) is 2.76. The number of hydrogen-bond donors (Lipinski definition) is 1. The van der Waals surface area contributed by atoms with E-state index in [4.69, 9.17) is 0 Å². The third kappa shape index (κ3) is 3.40. The molecule has 0 aliphatic carbocycles. The van der Waals surface area contributed by atoms with Gasteiger partial charge in [0.25, 0.3) is 0 Å². The second-order valence-electron chi connectivity index (χ2n) is 4.77. The molecule has 1 N–H and O–H groups in total. The molecule has 0 aliphatic heterocycles. The van der Waals surface area contributed by atoms with Gasteiger partial charge < -0.3 is 5.11 Å². The van der Waals surface area contributed by atoms with E-state index in [1.165, 1.54) is 11.1 Å². The van der Waals surface area contributed by atoms with Crippen molar-refractivity contribution in [3.8, 4) is 0 Å². The van der Waals surface area contributed by atoms with Gasteiger partial charge >= 0.3 is 0 Å². The second kappa shape index (κ2) is 6.12. The zero-order valence-electron chi connectivity index (χ0n) is 10.9. The maximum absolute atomic E-state index is 9.52. The lowest BCUT2D eigenvalue weighted by Crippen LogP contribution is -2.13. The maximum atomic E-state index is 9.52. The lowest BCUT2D eigenvalue weighted by Gasteiger charge is -2.14. The molecule has 1 aromatic carbocycles. The highest BCUT2D eigenvalue weighted by Crippen LogP contribution is 2.19. The van der Waals surface area contributed by atoms with E-state index in [9.17, 15) is 5.11 Å². The number of aromatic nitrogens is 1. The average molecular weight is 261 g/mol. The summed E-state index contributed by atoms with van der Waals surface area (Å²) in [5.74, 6) is 0.261. The lowest BCUT2D eigenvalue weighted by molar-refractivity contribution is 0.224. The molecule has 2 rings (SSSR count). The van der Waals surface area contributed by atoms with E-state index in [2.05, 4.69) is 41.6 Å². The fourth-order valence-electron chi connectivity index (χ4n) is 2.09. The summed E-state index contributed by atoms with van der Waals surface area (Å²) in [4.78, 5) is 4.47. The van der Waals surface area contributed by atoms with Crippen LogP contribution < -0.4 is 0 Å².